The van der Waals surface area contributed by atoms with Crippen LogP contribution in [0.5, 0.6) is 0 Å². The molecule has 0 saturated heterocycles. The Kier molecular flexibility index (Phi) is 14.1. The Labute approximate surface area is 553 Å². The lowest BCUT2D eigenvalue weighted by molar-refractivity contribution is 1.07. The van der Waals surface area contributed by atoms with Gasteiger partial charge in [-0.15, -0.1) is 0 Å². The fourth-order valence-corrected chi connectivity index (χ4v) is 13.4. The summed E-state index contributed by atoms with van der Waals surface area (Å²) in [6, 6.07) is 113. The number of nitrogens with zero attached hydrogens (tertiary/aromatic N) is 10. The lowest BCUT2D eigenvalue weighted by Gasteiger charge is -2.19. The Balaban J connectivity index is 0.920. The lowest BCUT2D eigenvalue weighted by Crippen LogP contribution is -2.02. The van der Waals surface area contributed by atoms with Crippen molar-refractivity contribution in [3.63, 3.8) is 0 Å². The molecule has 0 aliphatic carbocycles. The van der Waals surface area contributed by atoms with E-state index in [4.69, 9.17) is 29.9 Å². The zero-order chi connectivity index (χ0) is 64.1. The quantitative estimate of drug-likeness (QED) is 0.118. The third kappa shape index (κ3) is 10.1. The molecule has 10 heteroatoms. The van der Waals surface area contributed by atoms with Crippen LogP contribution in [0.4, 0.5) is 0 Å². The monoisotopic (exact) mass is 1220 g/mol. The normalized spacial score (nSPS) is 11.3. The van der Waals surface area contributed by atoms with Crippen molar-refractivity contribution in [1.82, 2.24) is 39.0 Å². The van der Waals surface area contributed by atoms with Crippen molar-refractivity contribution in [2.75, 3.05) is 0 Å². The summed E-state index contributed by atoms with van der Waals surface area (Å²) < 4.78 is 4.72. The van der Waals surface area contributed by atoms with Crippen molar-refractivity contribution in [1.29, 1.82) is 10.5 Å². The van der Waals surface area contributed by atoms with Gasteiger partial charge in [0.05, 0.1) is 56.7 Å². The highest BCUT2D eigenvalue weighted by Gasteiger charge is 2.24. The third-order valence-corrected chi connectivity index (χ3v) is 17.9. The molecule has 446 valence electrons. The first-order valence-electron chi connectivity index (χ1n) is 31.7. The highest BCUT2D eigenvalue weighted by atomic mass is 15.0. The molecular formula is C86H52N10. The van der Waals surface area contributed by atoms with Crippen LogP contribution in [0.25, 0.3) is 168 Å². The van der Waals surface area contributed by atoms with Crippen LogP contribution in [-0.4, -0.2) is 39.0 Å². The van der Waals surface area contributed by atoms with Gasteiger partial charge in [0.1, 0.15) is 0 Å². The van der Waals surface area contributed by atoms with Gasteiger partial charge in [0.15, 0.2) is 34.9 Å². The summed E-state index contributed by atoms with van der Waals surface area (Å²) in [7, 11) is 0. The molecule has 0 fully saturated rings. The molecule has 0 saturated carbocycles. The van der Waals surface area contributed by atoms with Crippen molar-refractivity contribution in [3.8, 4) is 136 Å². The highest BCUT2D eigenvalue weighted by Crippen LogP contribution is 2.44. The second-order valence-electron chi connectivity index (χ2n) is 23.6. The van der Waals surface area contributed by atoms with Crippen molar-refractivity contribution >= 4 is 43.6 Å². The molecule has 0 aliphatic heterocycles. The van der Waals surface area contributed by atoms with E-state index in [2.05, 4.69) is 167 Å². The van der Waals surface area contributed by atoms with Gasteiger partial charge in [-0.05, 0) is 124 Å². The summed E-state index contributed by atoms with van der Waals surface area (Å²) in [5.41, 5.74) is 19.6. The summed E-state index contributed by atoms with van der Waals surface area (Å²) >= 11 is 0. The van der Waals surface area contributed by atoms with Gasteiger partial charge in [0, 0.05) is 66.1 Å². The standard InChI is InChI=1S/C86H52N10/c87-53-65-30-13-15-34-67(65)61-40-44-79-73(49-61)69-36-17-19-38-75(69)95(79)77-46-42-63(85-91-81(55-22-5-1-6-23-55)89-82(92-85)56-24-7-2-8-25-56)51-71(77)59-32-21-33-60(48-59)72-52-64(86-93-83(57-26-9-3-10-27-57)90-84(94-86)58-28-11-4-12-29-58)43-47-78(72)96-76-39-20-18-37-70(76)74-50-62(41-45-80(74)96)68-35-16-14-31-66(68)54-88/h1-52H. The van der Waals surface area contributed by atoms with E-state index in [9.17, 15) is 10.5 Å². The largest absolute Gasteiger partial charge is 0.309 e. The minimum absolute atomic E-state index is 0.525. The van der Waals surface area contributed by atoms with Crippen LogP contribution < -0.4 is 0 Å². The molecule has 4 aromatic heterocycles. The molecule has 17 rings (SSSR count). The summed E-state index contributed by atoms with van der Waals surface area (Å²) in [4.78, 5) is 31.2. The fraction of sp³-hybridized carbons (Fsp3) is 0. The fourth-order valence-electron chi connectivity index (χ4n) is 13.4. The van der Waals surface area contributed by atoms with Crippen LogP contribution in [0.3, 0.4) is 0 Å². The summed E-state index contributed by atoms with van der Waals surface area (Å²) in [5, 5.41) is 24.8. The van der Waals surface area contributed by atoms with E-state index < -0.39 is 0 Å². The molecule has 0 N–H and O–H groups in total. The Morgan fingerprint density at radius 1 is 0.208 bits per heavy atom. The summed E-state index contributed by atoms with van der Waals surface area (Å²) in [5.74, 6) is 3.31. The zero-order valence-electron chi connectivity index (χ0n) is 51.5. The molecule has 17 aromatic rings. The van der Waals surface area contributed by atoms with E-state index >= 15 is 0 Å². The van der Waals surface area contributed by atoms with Crippen molar-refractivity contribution in [2.45, 2.75) is 0 Å². The molecular weight excluding hydrogens is 1170 g/mol. The van der Waals surface area contributed by atoms with Crippen molar-refractivity contribution in [2.24, 2.45) is 0 Å². The molecule has 0 spiro atoms. The van der Waals surface area contributed by atoms with E-state index in [1.54, 1.807) is 0 Å². The molecule has 13 aromatic carbocycles. The van der Waals surface area contributed by atoms with E-state index in [-0.39, 0.29) is 0 Å². The molecule has 0 bridgehead atoms. The molecule has 0 unspecified atom stereocenters. The predicted molar refractivity (Wildman–Crippen MR) is 386 cm³/mol. The average molecular weight is 1230 g/mol. The molecule has 0 amide bonds. The Hall–Kier alpha value is -13.5. The topological polar surface area (TPSA) is 135 Å². The summed E-state index contributed by atoms with van der Waals surface area (Å²) in [6.45, 7) is 0. The molecule has 0 atom stereocenters. The lowest BCUT2D eigenvalue weighted by atomic mass is 9.94. The number of rotatable bonds is 12. The molecule has 4 heterocycles. The second kappa shape index (κ2) is 23.9. The zero-order valence-corrected chi connectivity index (χ0v) is 51.5. The number of hydrogen-bond donors (Lipinski definition) is 0. The maximum absolute atomic E-state index is 10.3. The smallest absolute Gasteiger partial charge is 0.164 e. The van der Waals surface area contributed by atoms with Gasteiger partial charge in [-0.25, -0.2) is 29.9 Å². The maximum Gasteiger partial charge on any atom is 0.164 e. The van der Waals surface area contributed by atoms with Crippen LogP contribution in [-0.2, 0) is 0 Å². The van der Waals surface area contributed by atoms with Crippen LogP contribution >= 0.6 is 0 Å². The van der Waals surface area contributed by atoms with Crippen LogP contribution in [0.15, 0.2) is 315 Å². The number of nitriles is 2. The maximum atomic E-state index is 10.3. The Morgan fingerprint density at radius 2 is 0.500 bits per heavy atom. The first kappa shape index (κ1) is 56.4. The molecule has 10 nitrogen and oxygen atoms in total. The highest BCUT2D eigenvalue weighted by molar-refractivity contribution is 6.13. The number of hydrogen-bond acceptors (Lipinski definition) is 8. The first-order chi connectivity index (χ1) is 47.5. The number of benzene rings is 13. The molecule has 0 aliphatic rings. The summed E-state index contributed by atoms with van der Waals surface area (Å²) in [6.07, 6.45) is 0. The Morgan fingerprint density at radius 3 is 0.875 bits per heavy atom. The number of aromatic nitrogens is 8. The number of para-hydroxylation sites is 2. The van der Waals surface area contributed by atoms with E-state index in [1.807, 2.05) is 170 Å². The van der Waals surface area contributed by atoms with Crippen LogP contribution in [0.1, 0.15) is 11.1 Å². The van der Waals surface area contributed by atoms with Gasteiger partial charge in [-0.1, -0.05) is 224 Å². The van der Waals surface area contributed by atoms with Gasteiger partial charge in [-0.3, -0.25) is 0 Å². The Bertz CT molecular complexity index is 5500. The first-order valence-corrected chi connectivity index (χ1v) is 31.7. The minimum atomic E-state index is 0.525. The number of fused-ring (bicyclic) bond motifs is 6. The second-order valence-corrected chi connectivity index (χ2v) is 23.6. The minimum Gasteiger partial charge on any atom is -0.309 e. The van der Waals surface area contributed by atoms with E-state index in [1.165, 1.54) is 0 Å². The van der Waals surface area contributed by atoms with Gasteiger partial charge in [0.2, 0.25) is 0 Å². The van der Waals surface area contributed by atoms with Crippen molar-refractivity contribution < 1.29 is 0 Å². The molecule has 96 heavy (non-hydrogen) atoms. The van der Waals surface area contributed by atoms with Crippen LogP contribution in [0, 0.1) is 22.7 Å². The molecule has 0 radical (unpaired) electrons. The third-order valence-electron chi connectivity index (χ3n) is 17.9. The predicted octanol–water partition coefficient (Wildman–Crippen LogP) is 20.7. The van der Waals surface area contributed by atoms with Gasteiger partial charge >= 0.3 is 0 Å². The van der Waals surface area contributed by atoms with Crippen molar-refractivity contribution in [3.05, 3.63) is 327 Å². The van der Waals surface area contributed by atoms with E-state index in [0.29, 0.717) is 46.1 Å². The average Bonchev–Trinajstić information content (AvgIpc) is 1.55. The van der Waals surface area contributed by atoms with Gasteiger partial charge < -0.3 is 9.13 Å². The van der Waals surface area contributed by atoms with Gasteiger partial charge in [-0.2, -0.15) is 10.5 Å². The van der Waals surface area contributed by atoms with Gasteiger partial charge in [0.25, 0.3) is 0 Å². The van der Waals surface area contributed by atoms with E-state index in [0.717, 1.165) is 133 Å². The SMILES string of the molecule is N#Cc1ccccc1-c1ccc2c(c1)c1ccccc1n2-c1ccc(-c2nc(-c3ccccc3)nc(-c3ccccc3)n2)cc1-c1cccc(-c2cc(-c3nc(-c4ccccc4)nc(-c4ccccc4)n3)ccc2-n2c3ccccc3c3cc(-c4ccccc4C#N)ccc32)c1. The van der Waals surface area contributed by atoms with Crippen LogP contribution in [0.2, 0.25) is 0 Å².